The SMILES string of the molecule is COc1ccc(-c2cccc(O)c2CO)c2ccncc12. The van der Waals surface area contributed by atoms with Crippen LogP contribution in [0.3, 0.4) is 0 Å². The van der Waals surface area contributed by atoms with Gasteiger partial charge in [0.15, 0.2) is 0 Å². The number of methoxy groups -OCH3 is 1. The molecule has 21 heavy (non-hydrogen) atoms. The number of benzene rings is 2. The van der Waals surface area contributed by atoms with Crippen molar-refractivity contribution in [2.24, 2.45) is 0 Å². The van der Waals surface area contributed by atoms with Gasteiger partial charge in [-0.2, -0.15) is 0 Å². The number of hydrogen-bond donors (Lipinski definition) is 2. The molecule has 0 aliphatic carbocycles. The minimum atomic E-state index is -0.222. The lowest BCUT2D eigenvalue weighted by Crippen LogP contribution is -1.93. The van der Waals surface area contributed by atoms with Crippen LogP contribution in [0.5, 0.6) is 11.5 Å². The normalized spacial score (nSPS) is 10.8. The first-order valence-electron chi connectivity index (χ1n) is 6.59. The Hall–Kier alpha value is -2.59. The Balaban J connectivity index is 2.34. The van der Waals surface area contributed by atoms with Crippen LogP contribution in [0.15, 0.2) is 48.8 Å². The Kier molecular flexibility index (Phi) is 3.46. The fourth-order valence-electron chi connectivity index (χ4n) is 2.57. The second kappa shape index (κ2) is 5.42. The number of aromatic nitrogens is 1. The number of aliphatic hydroxyl groups excluding tert-OH is 1. The van der Waals surface area contributed by atoms with Crippen molar-refractivity contribution in [3.8, 4) is 22.6 Å². The van der Waals surface area contributed by atoms with E-state index in [1.165, 1.54) is 0 Å². The van der Waals surface area contributed by atoms with E-state index in [1.54, 1.807) is 31.6 Å². The van der Waals surface area contributed by atoms with Crippen LogP contribution in [-0.2, 0) is 6.61 Å². The Morgan fingerprint density at radius 2 is 1.90 bits per heavy atom. The summed E-state index contributed by atoms with van der Waals surface area (Å²) in [7, 11) is 1.62. The van der Waals surface area contributed by atoms with Gasteiger partial charge in [-0.1, -0.05) is 18.2 Å². The molecule has 4 nitrogen and oxygen atoms in total. The number of pyridine rings is 1. The number of rotatable bonds is 3. The molecule has 0 aliphatic heterocycles. The molecule has 0 unspecified atom stereocenters. The summed E-state index contributed by atoms with van der Waals surface area (Å²) in [5, 5.41) is 21.3. The highest BCUT2D eigenvalue weighted by Crippen LogP contribution is 2.37. The summed E-state index contributed by atoms with van der Waals surface area (Å²) >= 11 is 0. The first-order valence-corrected chi connectivity index (χ1v) is 6.59. The van der Waals surface area contributed by atoms with E-state index in [1.807, 2.05) is 24.3 Å². The van der Waals surface area contributed by atoms with Crippen molar-refractivity contribution in [1.29, 1.82) is 0 Å². The van der Waals surface area contributed by atoms with Crippen LogP contribution in [0, 0.1) is 0 Å². The fourth-order valence-corrected chi connectivity index (χ4v) is 2.57. The van der Waals surface area contributed by atoms with E-state index >= 15 is 0 Å². The van der Waals surface area contributed by atoms with E-state index in [0.29, 0.717) is 5.56 Å². The molecule has 1 aromatic heterocycles. The molecule has 4 heteroatoms. The Bertz CT molecular complexity index is 799. The highest BCUT2D eigenvalue weighted by molar-refractivity contribution is 6.00. The van der Waals surface area contributed by atoms with Gasteiger partial charge in [-0.05, 0) is 34.7 Å². The standard InChI is InChI=1S/C17H15NO3/c1-21-17-6-5-12(13-7-8-18-9-14(13)17)11-3-2-4-16(20)15(11)10-19/h2-9,19-20H,10H2,1H3. The van der Waals surface area contributed by atoms with Gasteiger partial charge >= 0.3 is 0 Å². The lowest BCUT2D eigenvalue weighted by atomic mass is 9.95. The molecule has 0 spiro atoms. The number of aromatic hydroxyl groups is 1. The zero-order valence-electron chi connectivity index (χ0n) is 11.6. The number of ether oxygens (including phenoxy) is 1. The fraction of sp³-hybridized carbons (Fsp3) is 0.118. The summed E-state index contributed by atoms with van der Waals surface area (Å²) in [5.41, 5.74) is 2.24. The van der Waals surface area contributed by atoms with Gasteiger partial charge in [0.25, 0.3) is 0 Å². The number of fused-ring (bicyclic) bond motifs is 1. The predicted molar refractivity (Wildman–Crippen MR) is 81.3 cm³/mol. The first-order chi connectivity index (χ1) is 10.3. The maximum atomic E-state index is 9.93. The summed E-state index contributed by atoms with van der Waals surface area (Å²) in [6, 6.07) is 10.9. The van der Waals surface area contributed by atoms with Gasteiger partial charge in [-0.25, -0.2) is 0 Å². The van der Waals surface area contributed by atoms with Crippen molar-refractivity contribution >= 4 is 10.8 Å². The lowest BCUT2D eigenvalue weighted by molar-refractivity contribution is 0.276. The molecule has 106 valence electrons. The number of nitrogens with zero attached hydrogens (tertiary/aromatic N) is 1. The van der Waals surface area contributed by atoms with Crippen LogP contribution < -0.4 is 4.74 Å². The Morgan fingerprint density at radius 3 is 2.67 bits per heavy atom. The molecule has 1 heterocycles. The van der Waals surface area contributed by atoms with Crippen LogP contribution in [0.2, 0.25) is 0 Å². The van der Waals surface area contributed by atoms with Crippen molar-refractivity contribution in [2.75, 3.05) is 7.11 Å². The summed E-state index contributed by atoms with van der Waals surface area (Å²) in [4.78, 5) is 4.14. The van der Waals surface area contributed by atoms with Crippen molar-refractivity contribution in [2.45, 2.75) is 6.61 Å². The smallest absolute Gasteiger partial charge is 0.128 e. The second-order valence-corrected chi connectivity index (χ2v) is 4.70. The Labute approximate surface area is 122 Å². The van der Waals surface area contributed by atoms with Crippen molar-refractivity contribution in [3.05, 3.63) is 54.4 Å². The van der Waals surface area contributed by atoms with Gasteiger partial charge in [0.1, 0.15) is 11.5 Å². The molecule has 2 aromatic carbocycles. The summed E-state index contributed by atoms with van der Waals surface area (Å²) in [6.45, 7) is -0.222. The first kappa shape index (κ1) is 13.4. The average molecular weight is 281 g/mol. The zero-order chi connectivity index (χ0) is 14.8. The van der Waals surface area contributed by atoms with Crippen LogP contribution in [-0.4, -0.2) is 22.3 Å². The van der Waals surface area contributed by atoms with Gasteiger partial charge in [-0.3, -0.25) is 4.98 Å². The monoisotopic (exact) mass is 281 g/mol. The average Bonchev–Trinajstić information content (AvgIpc) is 2.53. The van der Waals surface area contributed by atoms with Crippen LogP contribution in [0.25, 0.3) is 21.9 Å². The van der Waals surface area contributed by atoms with Crippen LogP contribution in [0.4, 0.5) is 0 Å². The topological polar surface area (TPSA) is 62.6 Å². The summed E-state index contributed by atoms with van der Waals surface area (Å²) in [5.74, 6) is 0.834. The van der Waals surface area contributed by atoms with E-state index in [-0.39, 0.29) is 12.4 Å². The van der Waals surface area contributed by atoms with Gasteiger partial charge in [0.05, 0.1) is 13.7 Å². The maximum Gasteiger partial charge on any atom is 0.128 e. The third-order valence-corrected chi connectivity index (χ3v) is 3.60. The summed E-state index contributed by atoms with van der Waals surface area (Å²) < 4.78 is 5.36. The molecule has 0 fully saturated rings. The molecule has 3 aromatic rings. The second-order valence-electron chi connectivity index (χ2n) is 4.70. The molecule has 0 atom stereocenters. The molecule has 0 bridgehead atoms. The predicted octanol–water partition coefficient (Wildman–Crippen LogP) is 3.11. The number of hydrogen-bond acceptors (Lipinski definition) is 4. The van der Waals surface area contributed by atoms with E-state index < -0.39 is 0 Å². The third-order valence-electron chi connectivity index (χ3n) is 3.60. The minimum Gasteiger partial charge on any atom is -0.508 e. The Morgan fingerprint density at radius 1 is 1.05 bits per heavy atom. The van der Waals surface area contributed by atoms with Crippen molar-refractivity contribution in [3.63, 3.8) is 0 Å². The van der Waals surface area contributed by atoms with E-state index in [4.69, 9.17) is 4.74 Å². The molecule has 0 saturated heterocycles. The van der Waals surface area contributed by atoms with Crippen molar-refractivity contribution in [1.82, 2.24) is 4.98 Å². The lowest BCUT2D eigenvalue weighted by Gasteiger charge is -2.13. The molecule has 0 radical (unpaired) electrons. The van der Waals surface area contributed by atoms with Crippen molar-refractivity contribution < 1.29 is 14.9 Å². The van der Waals surface area contributed by atoms with E-state index in [2.05, 4.69) is 4.98 Å². The number of aliphatic hydroxyl groups is 1. The minimum absolute atomic E-state index is 0.0908. The van der Waals surface area contributed by atoms with Gasteiger partial charge < -0.3 is 14.9 Å². The molecule has 3 rings (SSSR count). The zero-order valence-corrected chi connectivity index (χ0v) is 11.6. The van der Waals surface area contributed by atoms with E-state index in [0.717, 1.165) is 27.6 Å². The van der Waals surface area contributed by atoms with Gasteiger partial charge in [0.2, 0.25) is 0 Å². The molecule has 0 amide bonds. The molecular weight excluding hydrogens is 266 g/mol. The highest BCUT2D eigenvalue weighted by Gasteiger charge is 2.13. The van der Waals surface area contributed by atoms with Gasteiger partial charge in [0, 0.05) is 23.3 Å². The molecular formula is C17H15NO3. The molecule has 2 N–H and O–H groups in total. The third kappa shape index (κ3) is 2.19. The quantitative estimate of drug-likeness (QED) is 0.774. The van der Waals surface area contributed by atoms with Crippen LogP contribution >= 0.6 is 0 Å². The number of phenols is 1. The largest absolute Gasteiger partial charge is 0.508 e. The molecule has 0 aliphatic rings. The molecule has 0 saturated carbocycles. The van der Waals surface area contributed by atoms with Gasteiger partial charge in [-0.15, -0.1) is 0 Å². The maximum absolute atomic E-state index is 9.93. The summed E-state index contributed by atoms with van der Waals surface area (Å²) in [6.07, 6.45) is 3.46. The van der Waals surface area contributed by atoms with Crippen LogP contribution in [0.1, 0.15) is 5.56 Å². The van der Waals surface area contributed by atoms with E-state index in [9.17, 15) is 10.2 Å². The highest BCUT2D eigenvalue weighted by atomic mass is 16.5.